The maximum absolute atomic E-state index is 10.8. The fraction of sp³-hybridized carbons (Fsp3) is 0.216. The number of aromatic nitrogens is 4. The molecule has 7 heteroatoms. The Hall–Kier alpha value is -5.75. The van der Waals surface area contributed by atoms with Crippen LogP contribution in [0.25, 0.3) is 61.2 Å². The summed E-state index contributed by atoms with van der Waals surface area (Å²) < 4.78 is 8.30. The van der Waals surface area contributed by atoms with Gasteiger partial charge in [-0.25, -0.2) is 10.7 Å². The minimum absolute atomic E-state index is 0. The van der Waals surface area contributed by atoms with E-state index in [1.165, 1.54) is 29.5 Å². The van der Waals surface area contributed by atoms with E-state index in [1.807, 2.05) is 118 Å². The van der Waals surface area contributed by atoms with Gasteiger partial charge in [0.25, 0.3) is 0 Å². The van der Waals surface area contributed by atoms with Gasteiger partial charge >= 0.3 is 0 Å². The van der Waals surface area contributed by atoms with Crippen LogP contribution in [0.3, 0.4) is 0 Å². The molecule has 4 aromatic heterocycles. The van der Waals surface area contributed by atoms with Gasteiger partial charge in [-0.2, -0.15) is 0 Å². The average Bonchev–Trinajstić information content (AvgIpc) is 3.78. The number of furan rings is 1. The largest absolute Gasteiger partial charge is 0.855 e. The van der Waals surface area contributed by atoms with Crippen LogP contribution in [0.1, 0.15) is 62.9 Å². The molecule has 295 valence electrons. The van der Waals surface area contributed by atoms with E-state index in [1.54, 1.807) is 0 Å². The molecule has 0 atom stereocenters. The third-order valence-corrected chi connectivity index (χ3v) is 9.66. The van der Waals surface area contributed by atoms with Crippen LogP contribution in [-0.2, 0) is 33.1 Å². The molecular weight excluding hydrogens is 891 g/mol. The monoisotopic (exact) mass is 938 g/mol. The SMILES string of the molecule is C/C=C\C(=C/C(=[N-])c1[c-]ccc2c1oc1nc(C)ccc12)CC(C)(C)C.Cc1ccc(-c2[c-]cccc2)nc1.[Ir].[c-]1ccccc1-c1nc2cccc3c2n1CCC3. The first-order valence-corrected chi connectivity index (χ1v) is 19.5. The molecule has 0 bridgehead atoms. The molecule has 8 aromatic rings. The van der Waals surface area contributed by atoms with E-state index in [-0.39, 0.29) is 31.2 Å². The van der Waals surface area contributed by atoms with Gasteiger partial charge < -0.3 is 19.4 Å². The molecule has 0 aliphatic carbocycles. The van der Waals surface area contributed by atoms with Crippen LogP contribution in [0.15, 0.2) is 138 Å². The van der Waals surface area contributed by atoms with Gasteiger partial charge in [-0.1, -0.05) is 68.1 Å². The summed E-state index contributed by atoms with van der Waals surface area (Å²) in [5.41, 5.74) is 12.1. The molecule has 0 spiro atoms. The number of benzene rings is 4. The summed E-state index contributed by atoms with van der Waals surface area (Å²) in [5, 5.41) is 12.7. The topological polar surface area (TPSA) is 79.0 Å². The fourth-order valence-electron chi connectivity index (χ4n) is 7.16. The normalized spacial score (nSPS) is 12.5. The third kappa shape index (κ3) is 9.85. The quantitative estimate of drug-likeness (QED) is 0.0945. The molecule has 1 radical (unpaired) electrons. The molecular formula is C51H47IrN5O-4. The number of imidazole rings is 1. The van der Waals surface area contributed by atoms with E-state index in [9.17, 15) is 5.41 Å². The Morgan fingerprint density at radius 2 is 1.62 bits per heavy atom. The van der Waals surface area contributed by atoms with Gasteiger partial charge in [0.05, 0.1) is 16.9 Å². The Bertz CT molecular complexity index is 2700. The number of pyridine rings is 2. The van der Waals surface area contributed by atoms with Crippen molar-refractivity contribution in [2.24, 2.45) is 5.41 Å². The second-order valence-corrected chi connectivity index (χ2v) is 15.6. The second-order valence-electron chi connectivity index (χ2n) is 15.6. The summed E-state index contributed by atoms with van der Waals surface area (Å²) in [5.74, 6) is 1.05. The standard InChI is InChI=1S/C23H24N2O.C16H13N2.C12H10N.Ir/c1-6-8-16(14-23(3,4)5)13-20(24)19-10-7-9-17-18-12-11-15(2)25-22(18)26-21(17)19;1-2-6-13(7-3-1)16-17-14-10-4-8-12-9-5-11-18(16)15(12)14;1-10-7-8-12(13-9-10)11-5-3-2-4-6-11;/h6-9,11-13H,14H2,1-5H3;1-4,6,8,10H,5,9,11H2;2-5,7-9H,1H3;/q-2;2*-1;/b8-6-,16-13+;;;. The molecule has 0 amide bonds. The summed E-state index contributed by atoms with van der Waals surface area (Å²) >= 11 is 0. The first kappa shape index (κ1) is 41.9. The maximum Gasteiger partial charge on any atom is 0.216 e. The van der Waals surface area contributed by atoms with E-state index >= 15 is 0 Å². The first-order valence-electron chi connectivity index (χ1n) is 19.5. The van der Waals surface area contributed by atoms with Crippen molar-refractivity contribution in [2.75, 3.05) is 0 Å². The van der Waals surface area contributed by atoms with Gasteiger partial charge in [0.15, 0.2) is 0 Å². The molecule has 9 rings (SSSR count). The predicted molar refractivity (Wildman–Crippen MR) is 235 cm³/mol. The van der Waals surface area contributed by atoms with Gasteiger partial charge in [-0.15, -0.1) is 102 Å². The molecule has 0 saturated carbocycles. The zero-order valence-corrected chi connectivity index (χ0v) is 36.3. The smallest absolute Gasteiger partial charge is 0.216 e. The Morgan fingerprint density at radius 1 is 0.845 bits per heavy atom. The number of nitrogens with zero attached hydrogens (tertiary/aromatic N) is 5. The zero-order chi connectivity index (χ0) is 39.9. The van der Waals surface area contributed by atoms with Crippen molar-refractivity contribution >= 4 is 38.8 Å². The Kier molecular flexibility index (Phi) is 13.5. The molecule has 0 fully saturated rings. The number of hydrogen-bond acceptors (Lipinski definition) is 4. The summed E-state index contributed by atoms with van der Waals surface area (Å²) in [6.07, 6.45) is 10.9. The Labute approximate surface area is 355 Å². The van der Waals surface area contributed by atoms with Crippen molar-refractivity contribution in [2.45, 2.75) is 67.3 Å². The van der Waals surface area contributed by atoms with E-state index in [4.69, 9.17) is 9.40 Å². The number of allylic oxidation sites excluding steroid dienone is 4. The van der Waals surface area contributed by atoms with Gasteiger partial charge in [0.2, 0.25) is 5.71 Å². The van der Waals surface area contributed by atoms with Crippen LogP contribution in [0.4, 0.5) is 0 Å². The van der Waals surface area contributed by atoms with Crippen molar-refractivity contribution in [3.05, 3.63) is 179 Å². The van der Waals surface area contributed by atoms with Crippen LogP contribution < -0.4 is 0 Å². The maximum atomic E-state index is 10.8. The summed E-state index contributed by atoms with van der Waals surface area (Å²) in [4.78, 5) is 13.6. The Balaban J connectivity index is 0.000000154. The van der Waals surface area contributed by atoms with Crippen LogP contribution >= 0.6 is 0 Å². The van der Waals surface area contributed by atoms with Crippen LogP contribution in [0, 0.1) is 37.5 Å². The molecule has 5 heterocycles. The van der Waals surface area contributed by atoms with Gasteiger partial charge in [-0.3, -0.25) is 4.98 Å². The molecule has 1 aliphatic rings. The van der Waals surface area contributed by atoms with E-state index < -0.39 is 0 Å². The molecule has 0 N–H and O–H groups in total. The predicted octanol–water partition coefficient (Wildman–Crippen LogP) is 12.7. The minimum Gasteiger partial charge on any atom is -0.855 e. The van der Waals surface area contributed by atoms with Crippen LogP contribution in [0.5, 0.6) is 0 Å². The third-order valence-electron chi connectivity index (χ3n) is 9.66. The second kappa shape index (κ2) is 18.7. The first-order chi connectivity index (χ1) is 27.6. The van der Waals surface area contributed by atoms with E-state index in [0.29, 0.717) is 16.9 Å². The van der Waals surface area contributed by atoms with Crippen molar-refractivity contribution < 1.29 is 24.5 Å². The number of hydrogen-bond donors (Lipinski definition) is 0. The molecule has 6 nitrogen and oxygen atoms in total. The summed E-state index contributed by atoms with van der Waals surface area (Å²) in [6.45, 7) is 13.6. The zero-order valence-electron chi connectivity index (χ0n) is 33.9. The molecule has 1 aliphatic heterocycles. The van der Waals surface area contributed by atoms with E-state index in [2.05, 4.69) is 83.8 Å². The van der Waals surface area contributed by atoms with Crippen molar-refractivity contribution in [1.82, 2.24) is 19.5 Å². The molecule has 4 aromatic carbocycles. The number of aryl methyl sites for hydroxylation is 4. The summed E-state index contributed by atoms with van der Waals surface area (Å²) in [7, 11) is 0. The van der Waals surface area contributed by atoms with Crippen LogP contribution in [-0.4, -0.2) is 25.2 Å². The minimum atomic E-state index is 0. The van der Waals surface area contributed by atoms with Gasteiger partial charge in [-0.05, 0) is 80.5 Å². The Morgan fingerprint density at radius 3 is 2.31 bits per heavy atom. The van der Waals surface area contributed by atoms with E-state index in [0.717, 1.165) is 63.2 Å². The number of rotatable bonds is 6. The number of para-hydroxylation sites is 1. The van der Waals surface area contributed by atoms with Crippen LogP contribution in [0.2, 0.25) is 0 Å². The van der Waals surface area contributed by atoms with Crippen molar-refractivity contribution in [3.8, 4) is 22.6 Å². The van der Waals surface area contributed by atoms with Gasteiger partial charge in [0.1, 0.15) is 0 Å². The van der Waals surface area contributed by atoms with Gasteiger partial charge in [0, 0.05) is 49.5 Å². The summed E-state index contributed by atoms with van der Waals surface area (Å²) in [6, 6.07) is 43.7. The van der Waals surface area contributed by atoms with Crippen molar-refractivity contribution in [1.29, 1.82) is 0 Å². The molecule has 58 heavy (non-hydrogen) atoms. The average molecular weight is 938 g/mol. The van der Waals surface area contributed by atoms with Crippen molar-refractivity contribution in [3.63, 3.8) is 0 Å². The molecule has 0 unspecified atom stereocenters. The molecule has 0 saturated heterocycles. The number of fused-ring (bicyclic) bond motifs is 3. The fourth-order valence-corrected chi connectivity index (χ4v) is 7.16.